The van der Waals surface area contributed by atoms with Crippen molar-refractivity contribution in [2.24, 2.45) is 0 Å². The van der Waals surface area contributed by atoms with E-state index >= 15 is 0 Å². The SMILES string of the molecule is O=C(NCc1ccccc1)c1oc2ccc(Cl)cc2c1-c1ccc(Cl)cc1. The average molecular weight is 396 g/mol. The molecule has 0 atom stereocenters. The van der Waals surface area contributed by atoms with Gasteiger partial charge < -0.3 is 9.73 Å². The van der Waals surface area contributed by atoms with Crippen LogP contribution in [0, 0.1) is 0 Å². The molecule has 0 aliphatic carbocycles. The van der Waals surface area contributed by atoms with Gasteiger partial charge in [-0.1, -0.05) is 65.7 Å². The molecule has 0 radical (unpaired) electrons. The van der Waals surface area contributed by atoms with Gasteiger partial charge in [-0.2, -0.15) is 0 Å². The Morgan fingerprint density at radius 1 is 0.889 bits per heavy atom. The van der Waals surface area contributed by atoms with Crippen molar-refractivity contribution in [1.29, 1.82) is 0 Å². The molecule has 0 saturated heterocycles. The van der Waals surface area contributed by atoms with Gasteiger partial charge in [0.1, 0.15) is 5.58 Å². The zero-order valence-electron chi connectivity index (χ0n) is 14.2. The Bertz CT molecular complexity index is 1100. The van der Waals surface area contributed by atoms with Crippen LogP contribution in [-0.2, 0) is 6.54 Å². The van der Waals surface area contributed by atoms with Crippen molar-refractivity contribution in [1.82, 2.24) is 5.32 Å². The normalized spacial score (nSPS) is 10.9. The van der Waals surface area contributed by atoms with Crippen LogP contribution in [0.3, 0.4) is 0 Å². The monoisotopic (exact) mass is 395 g/mol. The summed E-state index contributed by atoms with van der Waals surface area (Å²) in [4.78, 5) is 12.9. The standard InChI is InChI=1S/C22H15Cl2NO2/c23-16-8-6-15(7-9-16)20-18-12-17(24)10-11-19(18)27-21(20)22(26)25-13-14-4-2-1-3-5-14/h1-12H,13H2,(H,25,26). The summed E-state index contributed by atoms with van der Waals surface area (Å²) in [6, 6.07) is 22.3. The molecule has 0 spiro atoms. The number of hydrogen-bond donors (Lipinski definition) is 1. The maximum atomic E-state index is 12.9. The smallest absolute Gasteiger partial charge is 0.287 e. The zero-order chi connectivity index (χ0) is 18.8. The number of nitrogens with one attached hydrogen (secondary N) is 1. The molecule has 0 saturated carbocycles. The van der Waals surface area contributed by atoms with Gasteiger partial charge in [-0.3, -0.25) is 4.79 Å². The van der Waals surface area contributed by atoms with Gasteiger partial charge in [-0.15, -0.1) is 0 Å². The van der Waals surface area contributed by atoms with Gasteiger partial charge in [0.2, 0.25) is 5.76 Å². The van der Waals surface area contributed by atoms with E-state index < -0.39 is 0 Å². The lowest BCUT2D eigenvalue weighted by Crippen LogP contribution is -2.22. The van der Waals surface area contributed by atoms with Crippen LogP contribution in [0.1, 0.15) is 16.1 Å². The fourth-order valence-electron chi connectivity index (χ4n) is 2.99. The molecule has 27 heavy (non-hydrogen) atoms. The number of fused-ring (bicyclic) bond motifs is 1. The molecule has 0 unspecified atom stereocenters. The van der Waals surface area contributed by atoms with E-state index in [4.69, 9.17) is 27.6 Å². The Hall–Kier alpha value is -2.75. The van der Waals surface area contributed by atoms with Crippen molar-refractivity contribution in [2.45, 2.75) is 6.54 Å². The summed E-state index contributed by atoms with van der Waals surface area (Å²) in [6.45, 7) is 0.414. The van der Waals surface area contributed by atoms with E-state index in [0.29, 0.717) is 27.7 Å². The number of carbonyl (C=O) groups excluding carboxylic acids is 1. The lowest BCUT2D eigenvalue weighted by molar-refractivity contribution is 0.0926. The Balaban J connectivity index is 1.76. The van der Waals surface area contributed by atoms with Crippen LogP contribution < -0.4 is 5.32 Å². The van der Waals surface area contributed by atoms with Crippen molar-refractivity contribution in [2.75, 3.05) is 0 Å². The number of benzene rings is 3. The molecule has 0 aliphatic rings. The molecule has 3 aromatic carbocycles. The molecule has 0 bridgehead atoms. The Labute approximate surface area is 166 Å². The van der Waals surface area contributed by atoms with E-state index in [1.54, 1.807) is 30.3 Å². The minimum absolute atomic E-state index is 0.255. The van der Waals surface area contributed by atoms with Crippen molar-refractivity contribution in [3.05, 3.63) is 94.2 Å². The van der Waals surface area contributed by atoms with Crippen LogP contribution in [0.2, 0.25) is 10.0 Å². The van der Waals surface area contributed by atoms with E-state index in [1.807, 2.05) is 42.5 Å². The van der Waals surface area contributed by atoms with Gasteiger partial charge in [0.25, 0.3) is 5.91 Å². The Kier molecular flexibility index (Phi) is 4.88. The average Bonchev–Trinajstić information content (AvgIpc) is 3.06. The first kappa shape index (κ1) is 17.7. The fraction of sp³-hybridized carbons (Fsp3) is 0.0455. The molecule has 134 valence electrons. The number of hydrogen-bond acceptors (Lipinski definition) is 2. The molecule has 0 fully saturated rings. The van der Waals surface area contributed by atoms with Crippen LogP contribution in [0.15, 0.2) is 77.2 Å². The second kappa shape index (κ2) is 7.47. The van der Waals surface area contributed by atoms with Gasteiger partial charge in [0, 0.05) is 27.5 Å². The summed E-state index contributed by atoms with van der Waals surface area (Å²) < 4.78 is 5.89. The van der Waals surface area contributed by atoms with Crippen LogP contribution >= 0.6 is 23.2 Å². The van der Waals surface area contributed by atoms with Gasteiger partial charge in [0.05, 0.1) is 0 Å². The molecular weight excluding hydrogens is 381 g/mol. The minimum atomic E-state index is -0.281. The number of halogens is 2. The van der Waals surface area contributed by atoms with Gasteiger partial charge in [0.15, 0.2) is 0 Å². The topological polar surface area (TPSA) is 42.2 Å². The molecule has 1 aromatic heterocycles. The number of amides is 1. The largest absolute Gasteiger partial charge is 0.450 e. The van der Waals surface area contributed by atoms with Gasteiger partial charge in [-0.05, 0) is 41.5 Å². The summed E-state index contributed by atoms with van der Waals surface area (Å²) in [6.07, 6.45) is 0. The van der Waals surface area contributed by atoms with E-state index in [-0.39, 0.29) is 11.7 Å². The highest BCUT2D eigenvalue weighted by atomic mass is 35.5. The van der Waals surface area contributed by atoms with Crippen molar-refractivity contribution in [3.63, 3.8) is 0 Å². The van der Waals surface area contributed by atoms with Crippen LogP contribution in [-0.4, -0.2) is 5.91 Å². The fourth-order valence-corrected chi connectivity index (χ4v) is 3.29. The molecule has 1 heterocycles. The molecule has 1 N–H and O–H groups in total. The second-order valence-corrected chi connectivity index (χ2v) is 6.99. The summed E-state index contributed by atoms with van der Waals surface area (Å²) in [5.74, 6) is -0.0263. The molecule has 4 rings (SSSR count). The maximum absolute atomic E-state index is 12.9. The lowest BCUT2D eigenvalue weighted by atomic mass is 10.0. The zero-order valence-corrected chi connectivity index (χ0v) is 15.7. The molecule has 0 aliphatic heterocycles. The second-order valence-electron chi connectivity index (χ2n) is 6.12. The highest BCUT2D eigenvalue weighted by Gasteiger charge is 2.22. The van der Waals surface area contributed by atoms with E-state index in [2.05, 4.69) is 5.32 Å². The predicted octanol–water partition coefficient (Wildman–Crippen LogP) is 6.34. The first-order chi connectivity index (χ1) is 13.1. The summed E-state index contributed by atoms with van der Waals surface area (Å²) in [7, 11) is 0. The molecule has 4 aromatic rings. The molecule has 3 nitrogen and oxygen atoms in total. The molecule has 1 amide bonds. The quantitative estimate of drug-likeness (QED) is 0.438. The first-order valence-electron chi connectivity index (χ1n) is 8.42. The summed E-state index contributed by atoms with van der Waals surface area (Å²) >= 11 is 12.2. The summed E-state index contributed by atoms with van der Waals surface area (Å²) in [5, 5.41) is 4.91. The van der Waals surface area contributed by atoms with Crippen molar-refractivity contribution < 1.29 is 9.21 Å². The van der Waals surface area contributed by atoms with Gasteiger partial charge >= 0.3 is 0 Å². The summed E-state index contributed by atoms with van der Waals surface area (Å²) in [5.41, 5.74) is 3.16. The number of furan rings is 1. The number of carbonyl (C=O) groups is 1. The van der Waals surface area contributed by atoms with Gasteiger partial charge in [-0.25, -0.2) is 0 Å². The highest BCUT2D eigenvalue weighted by Crippen LogP contribution is 2.36. The van der Waals surface area contributed by atoms with E-state index in [1.165, 1.54) is 0 Å². The highest BCUT2D eigenvalue weighted by molar-refractivity contribution is 6.31. The predicted molar refractivity (Wildman–Crippen MR) is 109 cm³/mol. The van der Waals surface area contributed by atoms with Crippen LogP contribution in [0.5, 0.6) is 0 Å². The van der Waals surface area contributed by atoms with Crippen LogP contribution in [0.4, 0.5) is 0 Å². The van der Waals surface area contributed by atoms with E-state index in [0.717, 1.165) is 16.5 Å². The molecule has 5 heteroatoms. The van der Waals surface area contributed by atoms with Crippen molar-refractivity contribution >= 4 is 40.1 Å². The third kappa shape index (κ3) is 3.70. The number of rotatable bonds is 4. The third-order valence-corrected chi connectivity index (χ3v) is 4.77. The minimum Gasteiger partial charge on any atom is -0.450 e. The lowest BCUT2D eigenvalue weighted by Gasteiger charge is -2.06. The third-order valence-electron chi connectivity index (χ3n) is 4.29. The van der Waals surface area contributed by atoms with Crippen molar-refractivity contribution in [3.8, 4) is 11.1 Å². The Morgan fingerprint density at radius 2 is 1.59 bits per heavy atom. The maximum Gasteiger partial charge on any atom is 0.287 e. The first-order valence-corrected chi connectivity index (χ1v) is 9.17. The van der Waals surface area contributed by atoms with Crippen LogP contribution in [0.25, 0.3) is 22.1 Å². The molecular formula is C22H15Cl2NO2. The van der Waals surface area contributed by atoms with E-state index in [9.17, 15) is 4.79 Å². The Morgan fingerprint density at radius 3 is 2.33 bits per heavy atom.